The summed E-state index contributed by atoms with van der Waals surface area (Å²) >= 11 is 3.31. The number of carboxylic acid groups (broad SMARTS) is 1. The van der Waals surface area contributed by atoms with Gasteiger partial charge in [-0.2, -0.15) is 0 Å². The van der Waals surface area contributed by atoms with Crippen molar-refractivity contribution in [3.8, 4) is 11.5 Å². The van der Waals surface area contributed by atoms with E-state index < -0.39 is 11.6 Å². The molecule has 0 bridgehead atoms. The first-order valence-electron chi connectivity index (χ1n) is 4.83. The number of aliphatic carboxylic acids is 1. The Morgan fingerprint density at radius 3 is 2.62 bits per heavy atom. The Morgan fingerprint density at radius 1 is 1.44 bits per heavy atom. The van der Waals surface area contributed by atoms with Gasteiger partial charge < -0.3 is 14.6 Å². The second-order valence-corrected chi connectivity index (χ2v) is 4.61. The quantitative estimate of drug-likeness (QED) is 0.924. The van der Waals surface area contributed by atoms with Crippen molar-refractivity contribution in [3.63, 3.8) is 0 Å². The molecule has 0 radical (unpaired) electrons. The Bertz CT molecular complexity index is 426. The summed E-state index contributed by atoms with van der Waals surface area (Å²) < 4.78 is 11.5. The van der Waals surface area contributed by atoms with Gasteiger partial charge in [-0.15, -0.1) is 0 Å². The summed E-state index contributed by atoms with van der Waals surface area (Å²) in [6, 6.07) is 5.23. The van der Waals surface area contributed by atoms with E-state index in [1.807, 2.05) is 0 Å². The molecule has 0 atom stereocenters. The predicted octanol–water partition coefficient (Wildman–Crippen LogP) is 2.45. The van der Waals surface area contributed by atoms with Crippen molar-refractivity contribution in [3.05, 3.63) is 22.7 Å². The molecule has 1 aliphatic carbocycles. The molecule has 5 heteroatoms. The summed E-state index contributed by atoms with van der Waals surface area (Å²) in [7, 11) is 1.52. The molecule has 1 aromatic rings. The molecule has 16 heavy (non-hydrogen) atoms. The highest BCUT2D eigenvalue weighted by atomic mass is 79.9. The van der Waals surface area contributed by atoms with Gasteiger partial charge in [0.25, 0.3) is 0 Å². The lowest BCUT2D eigenvalue weighted by molar-refractivity contribution is -0.147. The molecule has 0 heterocycles. The van der Waals surface area contributed by atoms with Crippen molar-refractivity contribution in [2.45, 2.75) is 18.4 Å². The zero-order valence-corrected chi connectivity index (χ0v) is 10.3. The summed E-state index contributed by atoms with van der Waals surface area (Å²) in [6.07, 6.45) is 1.09. The number of methoxy groups -OCH3 is 1. The predicted molar refractivity (Wildman–Crippen MR) is 60.9 cm³/mol. The molecule has 4 nitrogen and oxygen atoms in total. The molecule has 86 valence electrons. The minimum absolute atomic E-state index is 0.464. The fraction of sp³-hybridized carbons (Fsp3) is 0.364. The third-order valence-corrected chi connectivity index (χ3v) is 3.02. The number of halogens is 1. The molecule has 1 fully saturated rings. The Kier molecular flexibility index (Phi) is 2.80. The SMILES string of the molecule is COc1cc(Br)ccc1OC1(C(=O)O)CC1. The summed E-state index contributed by atoms with van der Waals surface area (Å²) in [5.74, 6) is 0.0740. The van der Waals surface area contributed by atoms with Gasteiger partial charge in [0.2, 0.25) is 5.60 Å². The third-order valence-electron chi connectivity index (χ3n) is 2.52. The monoisotopic (exact) mass is 286 g/mol. The molecule has 1 aliphatic rings. The molecule has 1 saturated carbocycles. The average Bonchev–Trinajstić information content (AvgIpc) is 3.02. The number of benzene rings is 1. The normalized spacial score (nSPS) is 16.6. The van der Waals surface area contributed by atoms with Crippen molar-refractivity contribution in [2.75, 3.05) is 7.11 Å². The number of carboxylic acids is 1. The van der Waals surface area contributed by atoms with Gasteiger partial charge in [-0.25, -0.2) is 4.79 Å². The summed E-state index contributed by atoms with van der Waals surface area (Å²) in [5, 5.41) is 9.01. The first kappa shape index (κ1) is 11.3. The van der Waals surface area contributed by atoms with Gasteiger partial charge >= 0.3 is 5.97 Å². The van der Waals surface area contributed by atoms with Crippen LogP contribution in [0.1, 0.15) is 12.8 Å². The molecule has 1 aromatic carbocycles. The van der Waals surface area contributed by atoms with E-state index >= 15 is 0 Å². The van der Waals surface area contributed by atoms with Gasteiger partial charge in [0, 0.05) is 17.3 Å². The van der Waals surface area contributed by atoms with E-state index in [0.29, 0.717) is 24.3 Å². The van der Waals surface area contributed by atoms with Gasteiger partial charge in [0.15, 0.2) is 11.5 Å². The minimum Gasteiger partial charge on any atom is -0.493 e. The van der Waals surface area contributed by atoms with Crippen LogP contribution >= 0.6 is 15.9 Å². The maximum Gasteiger partial charge on any atom is 0.348 e. The third kappa shape index (κ3) is 2.00. The number of rotatable bonds is 4. The molecule has 0 saturated heterocycles. The molecule has 0 amide bonds. The van der Waals surface area contributed by atoms with Crippen molar-refractivity contribution < 1.29 is 19.4 Å². The number of hydrogen-bond donors (Lipinski definition) is 1. The summed E-state index contributed by atoms with van der Waals surface area (Å²) in [5.41, 5.74) is -1.04. The van der Waals surface area contributed by atoms with Crippen LogP contribution in [-0.2, 0) is 4.79 Å². The second-order valence-electron chi connectivity index (χ2n) is 3.70. The van der Waals surface area contributed by atoms with Crippen molar-refractivity contribution in [1.29, 1.82) is 0 Å². The topological polar surface area (TPSA) is 55.8 Å². The minimum atomic E-state index is -1.04. The van der Waals surface area contributed by atoms with E-state index in [0.717, 1.165) is 4.47 Å². The van der Waals surface area contributed by atoms with E-state index in [9.17, 15) is 4.79 Å². The fourth-order valence-corrected chi connectivity index (χ4v) is 1.75. The number of ether oxygens (including phenoxy) is 2. The highest BCUT2D eigenvalue weighted by molar-refractivity contribution is 9.10. The maximum atomic E-state index is 11.0. The van der Waals surface area contributed by atoms with Gasteiger partial charge in [-0.1, -0.05) is 15.9 Å². The Labute approximate surface area is 101 Å². The van der Waals surface area contributed by atoms with Gasteiger partial charge in [-0.3, -0.25) is 0 Å². The Morgan fingerprint density at radius 2 is 2.12 bits per heavy atom. The van der Waals surface area contributed by atoms with Crippen LogP contribution in [0, 0.1) is 0 Å². The lowest BCUT2D eigenvalue weighted by atomic mass is 10.3. The zero-order valence-electron chi connectivity index (χ0n) is 8.70. The Balaban J connectivity index is 2.25. The van der Waals surface area contributed by atoms with Crippen LogP contribution in [-0.4, -0.2) is 23.8 Å². The van der Waals surface area contributed by atoms with Gasteiger partial charge in [0.05, 0.1) is 7.11 Å². The van der Waals surface area contributed by atoms with Crippen LogP contribution in [0.25, 0.3) is 0 Å². The van der Waals surface area contributed by atoms with Crippen molar-refractivity contribution >= 4 is 21.9 Å². The van der Waals surface area contributed by atoms with E-state index in [1.54, 1.807) is 18.2 Å². The second kappa shape index (κ2) is 3.97. The van der Waals surface area contributed by atoms with Crippen LogP contribution in [0.5, 0.6) is 11.5 Å². The standard InChI is InChI=1S/C11H11BrO4/c1-15-9-6-7(12)2-3-8(9)16-11(4-5-11)10(13)14/h2-3,6H,4-5H2,1H3,(H,13,14). The molecule has 2 rings (SSSR count). The van der Waals surface area contributed by atoms with E-state index in [-0.39, 0.29) is 0 Å². The van der Waals surface area contributed by atoms with Crippen LogP contribution in [0.4, 0.5) is 0 Å². The first-order valence-corrected chi connectivity index (χ1v) is 5.63. The molecule has 0 aliphatic heterocycles. The fourth-order valence-electron chi connectivity index (χ4n) is 1.41. The molecule has 0 aromatic heterocycles. The van der Waals surface area contributed by atoms with Crippen LogP contribution in [0.2, 0.25) is 0 Å². The van der Waals surface area contributed by atoms with E-state index in [2.05, 4.69) is 15.9 Å². The van der Waals surface area contributed by atoms with Crippen LogP contribution in [0.3, 0.4) is 0 Å². The Hall–Kier alpha value is -1.23. The average molecular weight is 287 g/mol. The number of hydrogen-bond acceptors (Lipinski definition) is 3. The largest absolute Gasteiger partial charge is 0.493 e. The number of carbonyl (C=O) groups is 1. The first-order chi connectivity index (χ1) is 7.57. The molecular formula is C11H11BrO4. The molecular weight excluding hydrogens is 276 g/mol. The summed E-state index contributed by atoms with van der Waals surface area (Å²) in [4.78, 5) is 11.0. The van der Waals surface area contributed by atoms with Crippen LogP contribution in [0.15, 0.2) is 22.7 Å². The van der Waals surface area contributed by atoms with Crippen LogP contribution < -0.4 is 9.47 Å². The zero-order chi connectivity index (χ0) is 11.8. The van der Waals surface area contributed by atoms with Gasteiger partial charge in [-0.05, 0) is 18.2 Å². The lowest BCUT2D eigenvalue weighted by Crippen LogP contribution is -2.29. The lowest BCUT2D eigenvalue weighted by Gasteiger charge is -2.16. The highest BCUT2D eigenvalue weighted by Crippen LogP contribution is 2.43. The van der Waals surface area contributed by atoms with E-state index in [4.69, 9.17) is 14.6 Å². The van der Waals surface area contributed by atoms with Crippen molar-refractivity contribution in [2.24, 2.45) is 0 Å². The smallest absolute Gasteiger partial charge is 0.348 e. The summed E-state index contributed by atoms with van der Waals surface area (Å²) in [6.45, 7) is 0. The molecule has 0 spiro atoms. The maximum absolute atomic E-state index is 11.0. The van der Waals surface area contributed by atoms with E-state index in [1.165, 1.54) is 7.11 Å². The molecule has 1 N–H and O–H groups in total. The molecule has 0 unspecified atom stereocenters. The van der Waals surface area contributed by atoms with Crippen molar-refractivity contribution in [1.82, 2.24) is 0 Å². The highest BCUT2D eigenvalue weighted by Gasteiger charge is 2.53. The van der Waals surface area contributed by atoms with Gasteiger partial charge in [0.1, 0.15) is 0 Å².